The molecule has 0 radical (unpaired) electrons. The van der Waals surface area contributed by atoms with Crippen LogP contribution in [0.2, 0.25) is 0 Å². The van der Waals surface area contributed by atoms with Crippen molar-refractivity contribution in [3.63, 3.8) is 0 Å². The average molecular weight is 289 g/mol. The van der Waals surface area contributed by atoms with Crippen LogP contribution in [0.5, 0.6) is 0 Å². The van der Waals surface area contributed by atoms with Crippen LogP contribution in [0.1, 0.15) is 34.0 Å². The number of halogens is 1. The standard InChI is InChI=1S/C16H17Br/c1-3-13-8-10-14(11-9-13)16(17)15-7-5-4-6-12(15)2/h4-11,16H,3H2,1-2H3. The Labute approximate surface area is 112 Å². The number of aryl methyl sites for hydroxylation is 2. The number of hydrogen-bond donors (Lipinski definition) is 0. The van der Waals surface area contributed by atoms with Crippen molar-refractivity contribution in [2.75, 3.05) is 0 Å². The molecule has 0 saturated carbocycles. The fourth-order valence-electron chi connectivity index (χ4n) is 1.97. The molecule has 17 heavy (non-hydrogen) atoms. The van der Waals surface area contributed by atoms with Gasteiger partial charge in [-0.3, -0.25) is 0 Å². The van der Waals surface area contributed by atoms with Crippen LogP contribution in [-0.2, 0) is 6.42 Å². The smallest absolute Gasteiger partial charge is 0.0647 e. The number of rotatable bonds is 3. The largest absolute Gasteiger partial charge is 0.0786 e. The highest BCUT2D eigenvalue weighted by atomic mass is 79.9. The molecule has 2 aromatic rings. The maximum absolute atomic E-state index is 3.79. The second-order valence-corrected chi connectivity index (χ2v) is 5.23. The van der Waals surface area contributed by atoms with Crippen molar-refractivity contribution < 1.29 is 0 Å². The predicted octanol–water partition coefficient (Wildman–Crippen LogP) is 5.04. The molecule has 0 aliphatic rings. The SMILES string of the molecule is CCc1ccc(C(Br)c2ccccc2C)cc1. The van der Waals surface area contributed by atoms with E-state index in [2.05, 4.69) is 78.3 Å². The van der Waals surface area contributed by atoms with Crippen molar-refractivity contribution in [3.05, 3.63) is 70.8 Å². The van der Waals surface area contributed by atoms with E-state index in [0.29, 0.717) is 0 Å². The lowest BCUT2D eigenvalue weighted by molar-refractivity contribution is 1.11. The molecule has 0 amide bonds. The lowest BCUT2D eigenvalue weighted by Gasteiger charge is -2.13. The van der Waals surface area contributed by atoms with Gasteiger partial charge in [0, 0.05) is 0 Å². The summed E-state index contributed by atoms with van der Waals surface area (Å²) in [7, 11) is 0. The van der Waals surface area contributed by atoms with Crippen LogP contribution in [0.4, 0.5) is 0 Å². The van der Waals surface area contributed by atoms with Gasteiger partial charge < -0.3 is 0 Å². The van der Waals surface area contributed by atoms with E-state index >= 15 is 0 Å². The molecular weight excluding hydrogens is 272 g/mol. The summed E-state index contributed by atoms with van der Waals surface area (Å²) in [5, 5.41) is 0. The Hall–Kier alpha value is -1.08. The maximum Gasteiger partial charge on any atom is 0.0647 e. The third-order valence-corrected chi connectivity index (χ3v) is 4.16. The van der Waals surface area contributed by atoms with Gasteiger partial charge in [0.2, 0.25) is 0 Å². The maximum atomic E-state index is 3.79. The van der Waals surface area contributed by atoms with Gasteiger partial charge in [0.15, 0.2) is 0 Å². The molecule has 0 fully saturated rings. The van der Waals surface area contributed by atoms with Gasteiger partial charge in [-0.2, -0.15) is 0 Å². The Morgan fingerprint density at radius 3 is 2.24 bits per heavy atom. The van der Waals surface area contributed by atoms with Crippen molar-refractivity contribution in [3.8, 4) is 0 Å². The van der Waals surface area contributed by atoms with E-state index in [9.17, 15) is 0 Å². The topological polar surface area (TPSA) is 0 Å². The lowest BCUT2D eigenvalue weighted by Crippen LogP contribution is -1.95. The van der Waals surface area contributed by atoms with Crippen molar-refractivity contribution in [2.24, 2.45) is 0 Å². The summed E-state index contributed by atoms with van der Waals surface area (Å²) in [6.07, 6.45) is 1.09. The first-order valence-corrected chi connectivity index (χ1v) is 6.92. The first kappa shape index (κ1) is 12.4. The highest BCUT2D eigenvalue weighted by Gasteiger charge is 2.11. The molecule has 0 N–H and O–H groups in total. The molecule has 88 valence electrons. The molecule has 0 aliphatic carbocycles. The zero-order valence-corrected chi connectivity index (χ0v) is 11.9. The van der Waals surface area contributed by atoms with Crippen LogP contribution < -0.4 is 0 Å². The van der Waals surface area contributed by atoms with Gasteiger partial charge in [-0.25, -0.2) is 0 Å². The summed E-state index contributed by atoms with van der Waals surface area (Å²) in [4.78, 5) is 0.287. The predicted molar refractivity (Wildman–Crippen MR) is 77.8 cm³/mol. The van der Waals surface area contributed by atoms with Gasteiger partial charge in [0.05, 0.1) is 4.83 Å². The van der Waals surface area contributed by atoms with Crippen molar-refractivity contribution in [1.82, 2.24) is 0 Å². The van der Waals surface area contributed by atoms with E-state index in [-0.39, 0.29) is 4.83 Å². The van der Waals surface area contributed by atoms with E-state index in [1.54, 1.807) is 0 Å². The Morgan fingerprint density at radius 2 is 1.65 bits per heavy atom. The average Bonchev–Trinajstić information content (AvgIpc) is 2.39. The van der Waals surface area contributed by atoms with Gasteiger partial charge in [-0.1, -0.05) is 71.4 Å². The highest BCUT2D eigenvalue weighted by Crippen LogP contribution is 2.32. The second kappa shape index (κ2) is 5.50. The van der Waals surface area contributed by atoms with E-state index in [1.165, 1.54) is 22.3 Å². The monoisotopic (exact) mass is 288 g/mol. The van der Waals surface area contributed by atoms with Gasteiger partial charge in [0.1, 0.15) is 0 Å². The Balaban J connectivity index is 2.30. The molecule has 2 aromatic carbocycles. The van der Waals surface area contributed by atoms with Crippen LogP contribution in [0.3, 0.4) is 0 Å². The summed E-state index contributed by atoms with van der Waals surface area (Å²) in [6, 6.07) is 17.4. The van der Waals surface area contributed by atoms with Crippen LogP contribution in [0.15, 0.2) is 48.5 Å². The molecule has 2 rings (SSSR count). The molecule has 0 heterocycles. The van der Waals surface area contributed by atoms with Crippen molar-refractivity contribution in [2.45, 2.75) is 25.1 Å². The molecule has 1 atom stereocenters. The molecule has 0 spiro atoms. The zero-order chi connectivity index (χ0) is 12.3. The minimum absolute atomic E-state index is 0.287. The molecule has 1 unspecified atom stereocenters. The third kappa shape index (κ3) is 2.78. The fraction of sp³-hybridized carbons (Fsp3) is 0.250. The summed E-state index contributed by atoms with van der Waals surface area (Å²) in [5.41, 5.74) is 5.38. The van der Waals surface area contributed by atoms with E-state index in [4.69, 9.17) is 0 Å². The van der Waals surface area contributed by atoms with E-state index in [1.807, 2.05) is 0 Å². The first-order valence-electron chi connectivity index (χ1n) is 6.00. The highest BCUT2D eigenvalue weighted by molar-refractivity contribution is 9.09. The molecule has 1 heteroatoms. The minimum atomic E-state index is 0.287. The number of benzene rings is 2. The van der Waals surface area contributed by atoms with Crippen LogP contribution in [-0.4, -0.2) is 0 Å². The van der Waals surface area contributed by atoms with Crippen molar-refractivity contribution in [1.29, 1.82) is 0 Å². The minimum Gasteiger partial charge on any atom is -0.0786 e. The molecule has 0 aliphatic heterocycles. The molecule has 0 saturated heterocycles. The normalized spacial score (nSPS) is 12.4. The number of alkyl halides is 1. The lowest BCUT2D eigenvalue weighted by atomic mass is 9.99. The summed E-state index contributed by atoms with van der Waals surface area (Å²) in [5.74, 6) is 0. The van der Waals surface area contributed by atoms with Gasteiger partial charge in [-0.05, 0) is 35.6 Å². The molecule has 0 bridgehead atoms. The summed E-state index contributed by atoms with van der Waals surface area (Å²) >= 11 is 3.79. The molecule has 0 nitrogen and oxygen atoms in total. The van der Waals surface area contributed by atoms with Crippen LogP contribution in [0.25, 0.3) is 0 Å². The zero-order valence-electron chi connectivity index (χ0n) is 10.3. The number of hydrogen-bond acceptors (Lipinski definition) is 0. The Kier molecular flexibility index (Phi) is 4.01. The van der Waals surface area contributed by atoms with Crippen LogP contribution in [0, 0.1) is 6.92 Å². The van der Waals surface area contributed by atoms with Gasteiger partial charge in [-0.15, -0.1) is 0 Å². The van der Waals surface area contributed by atoms with Gasteiger partial charge >= 0.3 is 0 Å². The van der Waals surface area contributed by atoms with Crippen LogP contribution >= 0.6 is 15.9 Å². The van der Waals surface area contributed by atoms with Crippen molar-refractivity contribution >= 4 is 15.9 Å². The first-order chi connectivity index (χ1) is 8.22. The second-order valence-electron chi connectivity index (χ2n) is 4.31. The van der Waals surface area contributed by atoms with E-state index in [0.717, 1.165) is 6.42 Å². The van der Waals surface area contributed by atoms with E-state index < -0.39 is 0 Å². The Morgan fingerprint density at radius 1 is 1.00 bits per heavy atom. The third-order valence-electron chi connectivity index (χ3n) is 3.14. The fourth-order valence-corrected chi connectivity index (χ4v) is 2.79. The van der Waals surface area contributed by atoms with Gasteiger partial charge in [0.25, 0.3) is 0 Å². The Bertz CT molecular complexity index is 485. The summed E-state index contributed by atoms with van der Waals surface area (Å²) < 4.78 is 0. The molecular formula is C16H17Br. The quantitative estimate of drug-likeness (QED) is 0.694. The summed E-state index contributed by atoms with van der Waals surface area (Å²) in [6.45, 7) is 4.34. The molecule has 0 aromatic heterocycles.